The maximum atomic E-state index is 9.60. The number of aliphatic hydroxyl groups is 1. The number of rotatable bonds is 3. The van der Waals surface area contributed by atoms with E-state index in [1.165, 1.54) is 0 Å². The summed E-state index contributed by atoms with van der Waals surface area (Å²) in [5, 5.41) is 10.3. The molecule has 1 aliphatic rings. The third kappa shape index (κ3) is 2.59. The van der Waals surface area contributed by atoms with Gasteiger partial charge in [-0.15, -0.1) is 0 Å². The lowest BCUT2D eigenvalue weighted by Crippen LogP contribution is -2.37. The van der Waals surface area contributed by atoms with Crippen LogP contribution in [0, 0.1) is 0 Å². The zero-order valence-electron chi connectivity index (χ0n) is 12.7. The number of aliphatic hydroxyl groups excluding tert-OH is 1. The van der Waals surface area contributed by atoms with Crippen molar-refractivity contribution in [2.75, 3.05) is 37.9 Å². The second-order valence-corrected chi connectivity index (χ2v) is 5.35. The van der Waals surface area contributed by atoms with Crippen LogP contribution in [0.25, 0.3) is 10.9 Å². The van der Waals surface area contributed by atoms with E-state index in [1.807, 2.05) is 4.90 Å². The maximum absolute atomic E-state index is 9.60. The predicted octanol–water partition coefficient (Wildman–Crippen LogP) is 1.19. The third-order valence-electron chi connectivity index (χ3n) is 3.97. The lowest BCUT2D eigenvalue weighted by molar-refractivity contribution is 0.145. The second-order valence-electron chi connectivity index (χ2n) is 5.35. The van der Waals surface area contributed by atoms with Crippen LogP contribution in [0.4, 0.5) is 11.8 Å². The molecule has 0 amide bonds. The number of hydrogen-bond acceptors (Lipinski definition) is 7. The number of fused-ring (bicyclic) bond motifs is 1. The van der Waals surface area contributed by atoms with Crippen LogP contribution in [-0.4, -0.2) is 48.5 Å². The van der Waals surface area contributed by atoms with E-state index in [4.69, 9.17) is 15.2 Å². The van der Waals surface area contributed by atoms with Crippen LogP contribution < -0.4 is 20.1 Å². The van der Waals surface area contributed by atoms with E-state index in [1.54, 1.807) is 26.4 Å². The Morgan fingerprint density at radius 3 is 2.41 bits per heavy atom. The van der Waals surface area contributed by atoms with Gasteiger partial charge in [-0.2, -0.15) is 4.98 Å². The number of nitrogens with zero attached hydrogens (tertiary/aromatic N) is 3. The molecule has 22 heavy (non-hydrogen) atoms. The van der Waals surface area contributed by atoms with E-state index in [9.17, 15) is 5.11 Å². The van der Waals surface area contributed by atoms with E-state index < -0.39 is 0 Å². The summed E-state index contributed by atoms with van der Waals surface area (Å²) in [4.78, 5) is 11.0. The summed E-state index contributed by atoms with van der Waals surface area (Å²) in [6.07, 6.45) is 1.19. The van der Waals surface area contributed by atoms with Gasteiger partial charge in [-0.1, -0.05) is 0 Å². The lowest BCUT2D eigenvalue weighted by atomic mass is 10.1. The van der Waals surface area contributed by atoms with Crippen molar-refractivity contribution in [3.8, 4) is 11.5 Å². The quantitative estimate of drug-likeness (QED) is 0.879. The summed E-state index contributed by atoms with van der Waals surface area (Å²) in [6, 6.07) is 3.59. The molecular weight excluding hydrogens is 284 g/mol. The molecule has 1 aliphatic heterocycles. The molecule has 1 fully saturated rings. The molecule has 0 unspecified atom stereocenters. The molecule has 7 nitrogen and oxygen atoms in total. The Hall–Kier alpha value is -2.28. The monoisotopic (exact) mass is 304 g/mol. The van der Waals surface area contributed by atoms with Crippen molar-refractivity contribution >= 4 is 22.7 Å². The maximum Gasteiger partial charge on any atom is 0.227 e. The van der Waals surface area contributed by atoms with Crippen molar-refractivity contribution < 1.29 is 14.6 Å². The van der Waals surface area contributed by atoms with Crippen LogP contribution in [0.2, 0.25) is 0 Å². The second kappa shape index (κ2) is 5.84. The summed E-state index contributed by atoms with van der Waals surface area (Å²) in [5.41, 5.74) is 6.80. The summed E-state index contributed by atoms with van der Waals surface area (Å²) >= 11 is 0. The molecule has 0 atom stereocenters. The minimum Gasteiger partial charge on any atom is -0.493 e. The Labute approximate surface area is 128 Å². The number of nitrogens with two attached hydrogens (primary N) is 1. The highest BCUT2D eigenvalue weighted by Crippen LogP contribution is 2.34. The first kappa shape index (κ1) is 14.6. The average Bonchev–Trinajstić information content (AvgIpc) is 2.54. The van der Waals surface area contributed by atoms with E-state index in [2.05, 4.69) is 9.97 Å². The molecule has 0 radical (unpaired) electrons. The minimum absolute atomic E-state index is 0.238. The highest BCUT2D eigenvalue weighted by atomic mass is 16.5. The van der Waals surface area contributed by atoms with Crippen LogP contribution in [0.15, 0.2) is 12.1 Å². The smallest absolute Gasteiger partial charge is 0.227 e. The average molecular weight is 304 g/mol. The van der Waals surface area contributed by atoms with Gasteiger partial charge in [-0.05, 0) is 18.9 Å². The molecular formula is C15H20N4O3. The number of benzene rings is 1. The van der Waals surface area contributed by atoms with Crippen molar-refractivity contribution in [2.24, 2.45) is 0 Å². The SMILES string of the molecule is COc1cc2nc(N3CCC(O)CC3)nc(N)c2cc1OC. The van der Waals surface area contributed by atoms with Crippen molar-refractivity contribution in [1.82, 2.24) is 9.97 Å². The van der Waals surface area contributed by atoms with Crippen LogP contribution in [0.1, 0.15) is 12.8 Å². The van der Waals surface area contributed by atoms with E-state index in [0.29, 0.717) is 41.6 Å². The number of anilines is 2. The lowest BCUT2D eigenvalue weighted by Gasteiger charge is -2.29. The first-order valence-corrected chi connectivity index (χ1v) is 7.24. The van der Waals surface area contributed by atoms with Gasteiger partial charge >= 0.3 is 0 Å². The first-order valence-electron chi connectivity index (χ1n) is 7.24. The fraction of sp³-hybridized carbons (Fsp3) is 0.467. The van der Waals surface area contributed by atoms with Gasteiger partial charge in [0, 0.05) is 24.5 Å². The Kier molecular flexibility index (Phi) is 3.89. The van der Waals surface area contributed by atoms with Gasteiger partial charge in [0.1, 0.15) is 5.82 Å². The number of nitrogen functional groups attached to an aromatic ring is 1. The molecule has 3 rings (SSSR count). The van der Waals surface area contributed by atoms with Gasteiger partial charge in [0.2, 0.25) is 5.95 Å². The van der Waals surface area contributed by atoms with Crippen LogP contribution in [0.3, 0.4) is 0 Å². The normalized spacial score (nSPS) is 16.0. The first-order chi connectivity index (χ1) is 10.6. The van der Waals surface area contributed by atoms with Crippen LogP contribution >= 0.6 is 0 Å². The van der Waals surface area contributed by atoms with Crippen molar-refractivity contribution in [3.05, 3.63) is 12.1 Å². The van der Waals surface area contributed by atoms with Gasteiger partial charge in [-0.3, -0.25) is 0 Å². The molecule has 0 spiro atoms. The Morgan fingerprint density at radius 1 is 1.14 bits per heavy atom. The van der Waals surface area contributed by atoms with Gasteiger partial charge < -0.3 is 25.2 Å². The number of ether oxygens (including phenoxy) is 2. The number of methoxy groups -OCH3 is 2. The fourth-order valence-electron chi connectivity index (χ4n) is 2.67. The molecule has 0 saturated carbocycles. The standard InChI is InChI=1S/C15H20N4O3/c1-21-12-7-10-11(8-13(12)22-2)17-15(18-14(10)16)19-5-3-9(20)4-6-19/h7-9,20H,3-6H2,1-2H3,(H2,16,17,18). The molecule has 3 N–H and O–H groups in total. The summed E-state index contributed by atoms with van der Waals surface area (Å²) < 4.78 is 10.6. The number of piperidine rings is 1. The Balaban J connectivity index is 2.03. The van der Waals surface area contributed by atoms with Gasteiger partial charge in [0.05, 0.1) is 25.8 Å². The summed E-state index contributed by atoms with van der Waals surface area (Å²) in [7, 11) is 3.16. The molecule has 1 aromatic heterocycles. The Bertz CT molecular complexity index is 684. The van der Waals surface area contributed by atoms with E-state index in [-0.39, 0.29) is 6.10 Å². The largest absolute Gasteiger partial charge is 0.493 e. The highest BCUT2D eigenvalue weighted by Gasteiger charge is 2.20. The minimum atomic E-state index is -0.238. The van der Waals surface area contributed by atoms with Gasteiger partial charge in [0.25, 0.3) is 0 Å². The molecule has 0 bridgehead atoms. The van der Waals surface area contributed by atoms with Crippen molar-refractivity contribution in [2.45, 2.75) is 18.9 Å². The third-order valence-corrected chi connectivity index (χ3v) is 3.97. The molecule has 1 saturated heterocycles. The summed E-state index contributed by atoms with van der Waals surface area (Å²) in [5.74, 6) is 2.20. The van der Waals surface area contributed by atoms with Crippen LogP contribution in [-0.2, 0) is 0 Å². The van der Waals surface area contributed by atoms with E-state index >= 15 is 0 Å². The van der Waals surface area contributed by atoms with Gasteiger partial charge in [-0.25, -0.2) is 4.98 Å². The number of aromatic nitrogens is 2. The molecule has 2 heterocycles. The van der Waals surface area contributed by atoms with Gasteiger partial charge in [0.15, 0.2) is 11.5 Å². The topological polar surface area (TPSA) is 93.7 Å². The van der Waals surface area contributed by atoms with Crippen molar-refractivity contribution in [3.63, 3.8) is 0 Å². The van der Waals surface area contributed by atoms with Crippen molar-refractivity contribution in [1.29, 1.82) is 0 Å². The molecule has 2 aromatic rings. The van der Waals surface area contributed by atoms with E-state index in [0.717, 1.165) is 18.5 Å². The molecule has 118 valence electrons. The summed E-state index contributed by atoms with van der Waals surface area (Å²) in [6.45, 7) is 1.44. The fourth-order valence-corrected chi connectivity index (χ4v) is 2.67. The zero-order valence-corrected chi connectivity index (χ0v) is 12.7. The number of hydrogen-bond donors (Lipinski definition) is 2. The Morgan fingerprint density at radius 2 is 1.77 bits per heavy atom. The highest BCUT2D eigenvalue weighted by molar-refractivity contribution is 5.91. The van der Waals surface area contributed by atoms with Crippen LogP contribution in [0.5, 0.6) is 11.5 Å². The predicted molar refractivity (Wildman–Crippen MR) is 84.5 cm³/mol. The molecule has 1 aromatic carbocycles. The molecule has 7 heteroatoms. The molecule has 0 aliphatic carbocycles. The zero-order chi connectivity index (χ0) is 15.7.